The van der Waals surface area contributed by atoms with Crippen molar-refractivity contribution < 1.29 is 16.3 Å². The average molecular weight is 230 g/mol. The third-order valence-corrected chi connectivity index (χ3v) is 2.58. The number of hydrogen-bond acceptors (Lipinski definition) is 2. The maximum Gasteiger partial charge on any atom is 0.194 e. The Hall–Kier alpha value is -2.16. The molecule has 0 spiro atoms. The molecule has 0 aliphatic carbocycles. The van der Waals surface area contributed by atoms with Gasteiger partial charge < -0.3 is 4.42 Å². The number of carbonyl (C=O) groups excluding carboxylic acids is 1. The monoisotopic (exact) mass is 230 g/mol. The van der Waals surface area contributed by atoms with Gasteiger partial charge in [0.1, 0.15) is 11.4 Å². The Morgan fingerprint density at radius 3 is 2.82 bits per heavy atom. The molecule has 0 fully saturated rings. The van der Waals surface area contributed by atoms with Gasteiger partial charge in [-0.15, -0.1) is 0 Å². The van der Waals surface area contributed by atoms with E-state index in [1.165, 1.54) is 31.2 Å². The summed E-state index contributed by atoms with van der Waals surface area (Å²) in [6.45, 7) is 1.35. The van der Waals surface area contributed by atoms with Crippen molar-refractivity contribution in [2.45, 2.75) is 6.92 Å². The van der Waals surface area contributed by atoms with Crippen LogP contribution in [0.5, 0.6) is 0 Å². The number of ketones is 1. The van der Waals surface area contributed by atoms with Crippen molar-refractivity contribution in [2.24, 2.45) is 0 Å². The third kappa shape index (κ3) is 1.60. The topological polar surface area (TPSA) is 30.2 Å². The van der Waals surface area contributed by atoms with Crippen molar-refractivity contribution in [3.05, 3.63) is 47.9 Å². The molecule has 0 aliphatic heterocycles. The van der Waals surface area contributed by atoms with Crippen LogP contribution in [0, 0.1) is 5.82 Å². The van der Waals surface area contributed by atoms with Crippen LogP contribution in [0.2, 0.25) is 0 Å². The quantitative estimate of drug-likeness (QED) is 0.593. The summed E-state index contributed by atoms with van der Waals surface area (Å²) in [7, 11) is 0. The van der Waals surface area contributed by atoms with Crippen molar-refractivity contribution in [3.8, 4) is 0 Å². The van der Waals surface area contributed by atoms with E-state index < -0.39 is 5.82 Å². The zero-order valence-electron chi connectivity index (χ0n) is 11.0. The zero-order chi connectivity index (χ0) is 13.7. The first-order chi connectivity index (χ1) is 8.99. The van der Waals surface area contributed by atoms with E-state index in [-0.39, 0.29) is 29.2 Å². The first kappa shape index (κ1) is 8.01. The minimum Gasteiger partial charge on any atom is -0.453 e. The van der Waals surface area contributed by atoms with E-state index in [1.54, 1.807) is 0 Å². The lowest BCUT2D eigenvalue weighted by Gasteiger charge is -1.97. The molecule has 3 aromatic rings. The van der Waals surface area contributed by atoms with Crippen LogP contribution in [0.25, 0.3) is 21.7 Å². The number of hydrogen-bond donors (Lipinski definition) is 0. The summed E-state index contributed by atoms with van der Waals surface area (Å²) in [6.07, 6.45) is 0. The van der Waals surface area contributed by atoms with Crippen LogP contribution >= 0.6 is 0 Å². The molecule has 0 aliphatic rings. The van der Waals surface area contributed by atoms with E-state index in [2.05, 4.69) is 0 Å². The van der Waals surface area contributed by atoms with Gasteiger partial charge in [0.05, 0.1) is 2.74 Å². The largest absolute Gasteiger partial charge is 0.453 e. The Bertz CT molecular complexity index is 836. The van der Waals surface area contributed by atoms with Crippen molar-refractivity contribution >= 4 is 27.5 Å². The minimum absolute atomic E-state index is 0.00648. The van der Waals surface area contributed by atoms with Gasteiger partial charge in [0.2, 0.25) is 0 Å². The molecule has 0 atom stereocenters. The smallest absolute Gasteiger partial charge is 0.194 e. The molecular weight excluding hydrogens is 219 g/mol. The SMILES string of the molecule is [2H]c1c2ccc(F)cc2c([2H])c2oc(C(C)=O)cc12. The molecule has 1 aromatic heterocycles. The molecule has 0 saturated carbocycles. The molecule has 0 radical (unpaired) electrons. The lowest BCUT2D eigenvalue weighted by Crippen LogP contribution is -1.85. The van der Waals surface area contributed by atoms with Crippen molar-refractivity contribution in [1.82, 2.24) is 0 Å². The van der Waals surface area contributed by atoms with Crippen molar-refractivity contribution in [3.63, 3.8) is 0 Å². The van der Waals surface area contributed by atoms with Gasteiger partial charge >= 0.3 is 0 Å². The summed E-state index contributed by atoms with van der Waals surface area (Å²) in [6, 6.07) is 5.50. The Balaban J connectivity index is 2.53. The van der Waals surface area contributed by atoms with Crippen molar-refractivity contribution in [2.75, 3.05) is 0 Å². The van der Waals surface area contributed by atoms with Gasteiger partial charge in [-0.3, -0.25) is 4.79 Å². The predicted octanol–water partition coefficient (Wildman–Crippen LogP) is 3.93. The van der Waals surface area contributed by atoms with E-state index in [4.69, 9.17) is 7.16 Å². The number of Topliss-reactive ketones (excluding diaryl/α,β-unsaturated/α-hetero) is 1. The Kier molecular flexibility index (Phi) is 1.61. The second kappa shape index (κ2) is 3.42. The fourth-order valence-electron chi connectivity index (χ4n) is 1.75. The molecule has 2 nitrogen and oxygen atoms in total. The number of benzene rings is 2. The Labute approximate surface area is 99.5 Å². The minimum atomic E-state index is -0.474. The number of halogens is 1. The molecule has 1 heterocycles. The van der Waals surface area contributed by atoms with E-state index in [1.807, 2.05) is 0 Å². The van der Waals surface area contributed by atoms with Crippen LogP contribution in [-0.2, 0) is 0 Å². The summed E-state index contributed by atoms with van der Waals surface area (Å²) in [5, 5.41) is 1.17. The second-order valence-electron chi connectivity index (χ2n) is 3.85. The molecular formula is C14H9FO2. The van der Waals surface area contributed by atoms with Gasteiger partial charge in [-0.2, -0.15) is 0 Å². The number of fused-ring (bicyclic) bond motifs is 2. The van der Waals surface area contributed by atoms with Crippen LogP contribution < -0.4 is 0 Å². The number of carbonyl (C=O) groups is 1. The molecule has 3 heteroatoms. The fourth-order valence-corrected chi connectivity index (χ4v) is 1.75. The normalized spacial score (nSPS) is 12.8. The fraction of sp³-hybridized carbons (Fsp3) is 0.0714. The van der Waals surface area contributed by atoms with E-state index in [0.717, 1.165) is 0 Å². The molecule has 2 aromatic carbocycles. The third-order valence-electron chi connectivity index (χ3n) is 2.58. The van der Waals surface area contributed by atoms with Crippen LogP contribution in [0.3, 0.4) is 0 Å². The van der Waals surface area contributed by atoms with E-state index in [0.29, 0.717) is 16.2 Å². The Morgan fingerprint density at radius 2 is 2.06 bits per heavy atom. The molecule has 0 unspecified atom stereocenters. The van der Waals surface area contributed by atoms with Gasteiger partial charge in [-0.1, -0.05) is 6.07 Å². The van der Waals surface area contributed by atoms with Gasteiger partial charge in [-0.05, 0) is 41.1 Å². The van der Waals surface area contributed by atoms with Crippen molar-refractivity contribution in [1.29, 1.82) is 0 Å². The molecule has 17 heavy (non-hydrogen) atoms. The summed E-state index contributed by atoms with van der Waals surface area (Å²) < 4.78 is 34.7. The molecule has 0 amide bonds. The molecule has 0 N–H and O–H groups in total. The first-order valence-corrected chi connectivity index (χ1v) is 5.12. The molecule has 84 valence electrons. The van der Waals surface area contributed by atoms with Crippen LogP contribution in [0.1, 0.15) is 20.2 Å². The predicted molar refractivity (Wildman–Crippen MR) is 63.7 cm³/mol. The second-order valence-corrected chi connectivity index (χ2v) is 3.85. The highest BCUT2D eigenvalue weighted by atomic mass is 19.1. The van der Waals surface area contributed by atoms with Gasteiger partial charge in [0.15, 0.2) is 11.5 Å². The van der Waals surface area contributed by atoms with Crippen LogP contribution in [-0.4, -0.2) is 5.78 Å². The standard InChI is InChI=1S/C14H9FO2/c1-8(16)13-7-11-4-9-2-3-12(15)5-10(9)6-14(11)17-13/h2-7H,1H3/i4D,6D. The lowest BCUT2D eigenvalue weighted by molar-refractivity contribution is 0.0989. The van der Waals surface area contributed by atoms with E-state index in [9.17, 15) is 9.18 Å². The van der Waals surface area contributed by atoms with E-state index >= 15 is 0 Å². The Morgan fingerprint density at radius 1 is 1.24 bits per heavy atom. The highest BCUT2D eigenvalue weighted by Gasteiger charge is 2.08. The highest BCUT2D eigenvalue weighted by Crippen LogP contribution is 2.26. The maximum atomic E-state index is 13.3. The summed E-state index contributed by atoms with van der Waals surface area (Å²) in [4.78, 5) is 11.3. The summed E-state index contributed by atoms with van der Waals surface area (Å²) in [5.74, 6) is -0.642. The average Bonchev–Trinajstić information content (AvgIpc) is 2.81. The molecule has 0 bridgehead atoms. The maximum absolute atomic E-state index is 13.3. The number of rotatable bonds is 1. The van der Waals surface area contributed by atoms with Crippen LogP contribution in [0.15, 0.2) is 40.8 Å². The zero-order valence-corrected chi connectivity index (χ0v) is 9.00. The van der Waals surface area contributed by atoms with Gasteiger partial charge in [-0.25, -0.2) is 4.39 Å². The van der Waals surface area contributed by atoms with Gasteiger partial charge in [0, 0.05) is 12.3 Å². The molecule has 3 rings (SSSR count). The summed E-state index contributed by atoms with van der Waals surface area (Å²) >= 11 is 0. The van der Waals surface area contributed by atoms with Gasteiger partial charge in [0.25, 0.3) is 0 Å². The molecule has 0 saturated heterocycles. The lowest BCUT2D eigenvalue weighted by atomic mass is 10.1. The summed E-state index contributed by atoms with van der Waals surface area (Å²) in [5.41, 5.74) is 0.147. The highest BCUT2D eigenvalue weighted by molar-refractivity contribution is 6.00. The number of furan rings is 1. The van der Waals surface area contributed by atoms with Crippen LogP contribution in [0.4, 0.5) is 4.39 Å². The first-order valence-electron chi connectivity index (χ1n) is 6.12.